The Morgan fingerprint density at radius 1 is 1.33 bits per heavy atom. The van der Waals surface area contributed by atoms with Crippen LogP contribution in [0.4, 0.5) is 0 Å². The summed E-state index contributed by atoms with van der Waals surface area (Å²) < 4.78 is 10.5. The molecule has 21 heavy (non-hydrogen) atoms. The van der Waals surface area contributed by atoms with Crippen molar-refractivity contribution in [3.05, 3.63) is 24.3 Å². The van der Waals surface area contributed by atoms with Crippen molar-refractivity contribution in [3.63, 3.8) is 0 Å². The lowest BCUT2D eigenvalue weighted by Gasteiger charge is -2.18. The van der Waals surface area contributed by atoms with Crippen LogP contribution < -0.4 is 20.5 Å². The van der Waals surface area contributed by atoms with E-state index in [-0.39, 0.29) is 31.0 Å². The molecule has 0 aliphatic carbocycles. The minimum atomic E-state index is -0.163. The second-order valence-corrected chi connectivity index (χ2v) is 5.10. The fourth-order valence-electron chi connectivity index (χ4n) is 1.89. The van der Waals surface area contributed by atoms with Crippen molar-refractivity contribution in [1.29, 1.82) is 0 Å². The van der Waals surface area contributed by atoms with Crippen LogP contribution in [0.1, 0.15) is 20.3 Å². The van der Waals surface area contributed by atoms with Gasteiger partial charge in [0.1, 0.15) is 11.5 Å². The standard InChI is InChI=1S/C15H24N2O3.ClH/c1-11(2)7-12(9-16)17-15(18)10-20-14-6-4-5-13(8-14)19-3;/h4-6,8,11-12H,7,9-10,16H2,1-3H3,(H,17,18);1H. The van der Waals surface area contributed by atoms with Crippen LogP contribution >= 0.6 is 12.4 Å². The topological polar surface area (TPSA) is 73.6 Å². The Morgan fingerprint density at radius 3 is 2.57 bits per heavy atom. The lowest BCUT2D eigenvalue weighted by Crippen LogP contribution is -2.43. The molecule has 1 atom stereocenters. The van der Waals surface area contributed by atoms with Crippen molar-refractivity contribution in [2.75, 3.05) is 20.3 Å². The highest BCUT2D eigenvalue weighted by atomic mass is 35.5. The summed E-state index contributed by atoms with van der Waals surface area (Å²) in [6.45, 7) is 4.61. The zero-order chi connectivity index (χ0) is 15.0. The van der Waals surface area contributed by atoms with Gasteiger partial charge in [-0.2, -0.15) is 0 Å². The van der Waals surface area contributed by atoms with Crippen molar-refractivity contribution >= 4 is 18.3 Å². The monoisotopic (exact) mass is 316 g/mol. The number of carbonyl (C=O) groups is 1. The molecule has 1 amide bonds. The van der Waals surface area contributed by atoms with Gasteiger partial charge in [0.2, 0.25) is 0 Å². The summed E-state index contributed by atoms with van der Waals surface area (Å²) >= 11 is 0. The van der Waals surface area contributed by atoms with E-state index in [2.05, 4.69) is 19.2 Å². The van der Waals surface area contributed by atoms with E-state index in [0.717, 1.165) is 6.42 Å². The molecule has 1 aromatic rings. The molecule has 1 aromatic carbocycles. The van der Waals surface area contributed by atoms with Crippen molar-refractivity contribution in [3.8, 4) is 11.5 Å². The second-order valence-electron chi connectivity index (χ2n) is 5.10. The normalized spacial score (nSPS) is 11.5. The van der Waals surface area contributed by atoms with Gasteiger partial charge in [0, 0.05) is 18.7 Å². The van der Waals surface area contributed by atoms with Gasteiger partial charge in [0.15, 0.2) is 6.61 Å². The van der Waals surface area contributed by atoms with Gasteiger partial charge in [0.25, 0.3) is 5.91 Å². The van der Waals surface area contributed by atoms with E-state index in [1.807, 2.05) is 12.1 Å². The minimum Gasteiger partial charge on any atom is -0.497 e. The number of ether oxygens (including phenoxy) is 2. The molecule has 3 N–H and O–H groups in total. The van der Waals surface area contributed by atoms with E-state index in [1.165, 1.54) is 0 Å². The highest BCUT2D eigenvalue weighted by molar-refractivity contribution is 5.85. The minimum absolute atomic E-state index is 0. The fraction of sp³-hybridized carbons (Fsp3) is 0.533. The van der Waals surface area contributed by atoms with Crippen molar-refractivity contribution in [1.82, 2.24) is 5.32 Å². The summed E-state index contributed by atoms with van der Waals surface area (Å²) in [7, 11) is 1.59. The maximum atomic E-state index is 11.8. The third-order valence-corrected chi connectivity index (χ3v) is 2.82. The molecular weight excluding hydrogens is 292 g/mol. The van der Waals surface area contributed by atoms with Gasteiger partial charge in [-0.05, 0) is 24.5 Å². The Bertz CT molecular complexity index is 427. The first-order chi connectivity index (χ1) is 9.55. The molecule has 0 saturated carbocycles. The van der Waals surface area contributed by atoms with E-state index in [4.69, 9.17) is 15.2 Å². The summed E-state index contributed by atoms with van der Waals surface area (Å²) in [4.78, 5) is 11.8. The Hall–Kier alpha value is -1.46. The van der Waals surface area contributed by atoms with Crippen molar-refractivity contribution in [2.24, 2.45) is 11.7 Å². The predicted molar refractivity (Wildman–Crippen MR) is 86.2 cm³/mol. The smallest absolute Gasteiger partial charge is 0.258 e. The van der Waals surface area contributed by atoms with Crippen LogP contribution in [0.5, 0.6) is 11.5 Å². The lowest BCUT2D eigenvalue weighted by atomic mass is 10.0. The molecule has 0 spiro atoms. The van der Waals surface area contributed by atoms with E-state index in [9.17, 15) is 4.79 Å². The highest BCUT2D eigenvalue weighted by Gasteiger charge is 2.12. The van der Waals surface area contributed by atoms with Gasteiger partial charge in [-0.3, -0.25) is 4.79 Å². The van der Waals surface area contributed by atoms with E-state index in [0.29, 0.717) is 24.0 Å². The van der Waals surface area contributed by atoms with Gasteiger partial charge >= 0.3 is 0 Å². The molecule has 0 aliphatic heterocycles. The third kappa shape index (κ3) is 7.78. The molecule has 0 aromatic heterocycles. The first kappa shape index (κ1) is 19.5. The summed E-state index contributed by atoms with van der Waals surface area (Å²) in [5.74, 6) is 1.63. The highest BCUT2D eigenvalue weighted by Crippen LogP contribution is 2.18. The number of amides is 1. The molecular formula is C15H25ClN2O3. The number of carbonyl (C=O) groups excluding carboxylic acids is 1. The Kier molecular flexibility index (Phi) is 9.58. The van der Waals surface area contributed by atoms with Gasteiger partial charge in [-0.1, -0.05) is 19.9 Å². The number of rotatable bonds is 8. The summed E-state index contributed by atoms with van der Waals surface area (Å²) in [5.41, 5.74) is 5.64. The van der Waals surface area contributed by atoms with Gasteiger partial charge < -0.3 is 20.5 Å². The second kappa shape index (κ2) is 10.3. The summed E-state index contributed by atoms with van der Waals surface area (Å²) in [5, 5.41) is 2.88. The predicted octanol–water partition coefficient (Wildman–Crippen LogP) is 1.99. The third-order valence-electron chi connectivity index (χ3n) is 2.82. The van der Waals surface area contributed by atoms with Gasteiger partial charge in [0.05, 0.1) is 7.11 Å². The molecule has 5 nitrogen and oxygen atoms in total. The Labute approximate surface area is 132 Å². The first-order valence-electron chi connectivity index (χ1n) is 6.81. The number of hydrogen-bond donors (Lipinski definition) is 2. The number of nitrogens with two attached hydrogens (primary N) is 1. The number of nitrogens with one attached hydrogen (secondary N) is 1. The zero-order valence-corrected chi connectivity index (χ0v) is 13.6. The van der Waals surface area contributed by atoms with Crippen LogP contribution in [0, 0.1) is 5.92 Å². The average molecular weight is 317 g/mol. The molecule has 0 heterocycles. The van der Waals surface area contributed by atoms with Crippen LogP contribution in [-0.2, 0) is 4.79 Å². The molecule has 0 fully saturated rings. The lowest BCUT2D eigenvalue weighted by molar-refractivity contribution is -0.123. The zero-order valence-electron chi connectivity index (χ0n) is 12.8. The SMILES string of the molecule is COc1cccc(OCC(=O)NC(CN)CC(C)C)c1.Cl. The fourth-order valence-corrected chi connectivity index (χ4v) is 1.89. The number of benzene rings is 1. The molecule has 0 aliphatic rings. The van der Waals surface area contributed by atoms with Gasteiger partial charge in [-0.15, -0.1) is 12.4 Å². The molecule has 0 bridgehead atoms. The Balaban J connectivity index is 0.00000400. The maximum absolute atomic E-state index is 11.8. The molecule has 6 heteroatoms. The molecule has 0 radical (unpaired) electrons. The maximum Gasteiger partial charge on any atom is 0.258 e. The summed E-state index contributed by atoms with van der Waals surface area (Å²) in [6, 6.07) is 7.15. The molecule has 1 unspecified atom stereocenters. The van der Waals surface area contributed by atoms with E-state index >= 15 is 0 Å². The average Bonchev–Trinajstić information content (AvgIpc) is 2.44. The Morgan fingerprint density at radius 2 is 2.00 bits per heavy atom. The van der Waals surface area contributed by atoms with E-state index < -0.39 is 0 Å². The van der Waals surface area contributed by atoms with Crippen LogP contribution in [0.2, 0.25) is 0 Å². The largest absolute Gasteiger partial charge is 0.497 e. The summed E-state index contributed by atoms with van der Waals surface area (Å²) in [6.07, 6.45) is 0.862. The van der Waals surface area contributed by atoms with Crippen LogP contribution in [0.25, 0.3) is 0 Å². The number of halogens is 1. The quantitative estimate of drug-likeness (QED) is 0.769. The molecule has 120 valence electrons. The van der Waals surface area contributed by atoms with Crippen LogP contribution in [0.15, 0.2) is 24.3 Å². The molecule has 0 saturated heterocycles. The van der Waals surface area contributed by atoms with Gasteiger partial charge in [-0.25, -0.2) is 0 Å². The van der Waals surface area contributed by atoms with Crippen LogP contribution in [-0.4, -0.2) is 32.2 Å². The van der Waals surface area contributed by atoms with Crippen molar-refractivity contribution < 1.29 is 14.3 Å². The van der Waals surface area contributed by atoms with Crippen LogP contribution in [0.3, 0.4) is 0 Å². The number of hydrogen-bond acceptors (Lipinski definition) is 4. The van der Waals surface area contributed by atoms with E-state index in [1.54, 1.807) is 19.2 Å². The molecule has 1 rings (SSSR count). The van der Waals surface area contributed by atoms with Crippen molar-refractivity contribution in [2.45, 2.75) is 26.3 Å². The number of methoxy groups -OCH3 is 1. The first-order valence-corrected chi connectivity index (χ1v) is 6.81.